The van der Waals surface area contributed by atoms with Crippen molar-refractivity contribution in [2.75, 3.05) is 5.32 Å². The first-order valence-corrected chi connectivity index (χ1v) is 5.92. The van der Waals surface area contributed by atoms with Gasteiger partial charge in [0.15, 0.2) is 0 Å². The first-order valence-electron chi connectivity index (χ1n) is 5.54. The van der Waals surface area contributed by atoms with Crippen LogP contribution in [0, 0.1) is 0 Å². The normalized spacial score (nSPS) is 13.4. The SMILES string of the molecule is Oc1ccc(Nc2nc(Cl)nc3c2CNC3)cc1. The van der Waals surface area contributed by atoms with E-state index in [2.05, 4.69) is 20.6 Å². The molecule has 1 aliphatic rings. The van der Waals surface area contributed by atoms with Crippen LogP contribution < -0.4 is 10.6 Å². The molecule has 1 aromatic carbocycles. The molecule has 3 N–H and O–H groups in total. The Kier molecular flexibility index (Phi) is 2.77. The van der Waals surface area contributed by atoms with E-state index in [1.54, 1.807) is 24.3 Å². The zero-order valence-electron chi connectivity index (χ0n) is 9.44. The highest BCUT2D eigenvalue weighted by Gasteiger charge is 2.18. The van der Waals surface area contributed by atoms with Crippen LogP contribution in [0.15, 0.2) is 24.3 Å². The number of aromatic nitrogens is 2. The number of nitrogens with zero attached hydrogens (tertiary/aromatic N) is 2. The van der Waals surface area contributed by atoms with Crippen LogP contribution >= 0.6 is 11.6 Å². The summed E-state index contributed by atoms with van der Waals surface area (Å²) in [6, 6.07) is 6.79. The van der Waals surface area contributed by atoms with Crippen LogP contribution in [0.3, 0.4) is 0 Å². The lowest BCUT2D eigenvalue weighted by atomic mass is 10.2. The Balaban J connectivity index is 1.95. The van der Waals surface area contributed by atoms with Crippen molar-refractivity contribution in [1.29, 1.82) is 0 Å². The van der Waals surface area contributed by atoms with Gasteiger partial charge in [0.05, 0.1) is 5.69 Å². The van der Waals surface area contributed by atoms with Crippen molar-refractivity contribution in [3.8, 4) is 5.75 Å². The van der Waals surface area contributed by atoms with Crippen molar-refractivity contribution < 1.29 is 5.11 Å². The van der Waals surface area contributed by atoms with Crippen molar-refractivity contribution in [2.24, 2.45) is 0 Å². The Labute approximate surface area is 109 Å². The fraction of sp³-hybridized carbons (Fsp3) is 0.167. The number of halogens is 1. The van der Waals surface area contributed by atoms with Gasteiger partial charge < -0.3 is 15.7 Å². The second kappa shape index (κ2) is 4.44. The number of phenolic OH excluding ortho intramolecular Hbond substituents is 1. The second-order valence-corrected chi connectivity index (χ2v) is 4.38. The molecule has 0 radical (unpaired) electrons. The minimum Gasteiger partial charge on any atom is -0.508 e. The van der Waals surface area contributed by atoms with E-state index < -0.39 is 0 Å². The lowest BCUT2D eigenvalue weighted by Crippen LogP contribution is -2.02. The van der Waals surface area contributed by atoms with Gasteiger partial charge in [0, 0.05) is 24.3 Å². The number of hydrogen-bond donors (Lipinski definition) is 3. The van der Waals surface area contributed by atoms with Crippen LogP contribution in [0.1, 0.15) is 11.3 Å². The molecule has 5 nitrogen and oxygen atoms in total. The molecule has 1 aromatic heterocycles. The molecule has 0 saturated carbocycles. The highest BCUT2D eigenvalue weighted by atomic mass is 35.5. The molecule has 2 aromatic rings. The molecule has 3 rings (SSSR count). The van der Waals surface area contributed by atoms with E-state index in [4.69, 9.17) is 11.6 Å². The van der Waals surface area contributed by atoms with Crippen LogP contribution in [0.2, 0.25) is 5.28 Å². The summed E-state index contributed by atoms with van der Waals surface area (Å²) in [7, 11) is 0. The molecule has 0 atom stereocenters. The maximum atomic E-state index is 9.24. The Morgan fingerprint density at radius 1 is 1.17 bits per heavy atom. The van der Waals surface area contributed by atoms with E-state index in [1.165, 1.54) is 0 Å². The highest BCUT2D eigenvalue weighted by Crippen LogP contribution is 2.26. The van der Waals surface area contributed by atoms with E-state index in [0.29, 0.717) is 12.4 Å². The largest absolute Gasteiger partial charge is 0.508 e. The van der Waals surface area contributed by atoms with Crippen molar-refractivity contribution in [3.63, 3.8) is 0 Å². The standard InChI is InChI=1S/C12H11ClN4O/c13-12-16-10-6-14-5-9(10)11(17-12)15-7-1-3-8(18)4-2-7/h1-4,14,18H,5-6H2,(H,15,16,17). The van der Waals surface area contributed by atoms with Crippen molar-refractivity contribution in [1.82, 2.24) is 15.3 Å². The summed E-state index contributed by atoms with van der Waals surface area (Å²) in [6.07, 6.45) is 0. The number of nitrogens with one attached hydrogen (secondary N) is 2. The minimum atomic E-state index is 0.230. The molecule has 92 valence electrons. The quantitative estimate of drug-likeness (QED) is 0.572. The predicted molar refractivity (Wildman–Crippen MR) is 69.0 cm³/mol. The van der Waals surface area contributed by atoms with Crippen molar-refractivity contribution >= 4 is 23.1 Å². The Morgan fingerprint density at radius 3 is 2.72 bits per heavy atom. The molecule has 1 aliphatic heterocycles. The van der Waals surface area contributed by atoms with Gasteiger partial charge in [-0.25, -0.2) is 9.97 Å². The summed E-state index contributed by atoms with van der Waals surface area (Å²) in [5.74, 6) is 0.939. The summed E-state index contributed by atoms with van der Waals surface area (Å²) in [5.41, 5.74) is 2.81. The van der Waals surface area contributed by atoms with Gasteiger partial charge in [-0.1, -0.05) is 0 Å². The minimum absolute atomic E-state index is 0.230. The summed E-state index contributed by atoms with van der Waals surface area (Å²) in [4.78, 5) is 8.39. The van der Waals surface area contributed by atoms with Crippen LogP contribution in [0.25, 0.3) is 0 Å². The molecule has 0 aliphatic carbocycles. The monoisotopic (exact) mass is 262 g/mol. The predicted octanol–water partition coefficient (Wildman–Crippen LogP) is 2.18. The fourth-order valence-electron chi connectivity index (χ4n) is 1.92. The number of benzene rings is 1. The number of hydrogen-bond acceptors (Lipinski definition) is 5. The van der Waals surface area contributed by atoms with Gasteiger partial charge >= 0.3 is 0 Å². The van der Waals surface area contributed by atoms with Crippen LogP contribution in [-0.4, -0.2) is 15.1 Å². The van der Waals surface area contributed by atoms with Gasteiger partial charge in [-0.05, 0) is 35.9 Å². The Hall–Kier alpha value is -1.85. The van der Waals surface area contributed by atoms with Crippen molar-refractivity contribution in [3.05, 3.63) is 40.8 Å². The fourth-order valence-corrected chi connectivity index (χ4v) is 2.11. The Morgan fingerprint density at radius 2 is 1.94 bits per heavy atom. The molecule has 0 fully saturated rings. The topological polar surface area (TPSA) is 70.1 Å². The molecule has 0 spiro atoms. The van der Waals surface area contributed by atoms with E-state index in [-0.39, 0.29) is 11.0 Å². The number of phenols is 1. The van der Waals surface area contributed by atoms with Crippen LogP contribution in [0.5, 0.6) is 5.75 Å². The zero-order valence-corrected chi connectivity index (χ0v) is 10.2. The molecular weight excluding hydrogens is 252 g/mol. The third-order valence-electron chi connectivity index (χ3n) is 2.79. The van der Waals surface area contributed by atoms with Crippen LogP contribution in [0.4, 0.5) is 11.5 Å². The van der Waals surface area contributed by atoms with E-state index in [0.717, 1.165) is 23.5 Å². The van der Waals surface area contributed by atoms with Gasteiger partial charge in [0.2, 0.25) is 5.28 Å². The first-order chi connectivity index (χ1) is 8.72. The first kappa shape index (κ1) is 11.3. The number of aromatic hydroxyl groups is 1. The van der Waals surface area contributed by atoms with Gasteiger partial charge in [-0.2, -0.15) is 0 Å². The molecule has 2 heterocycles. The molecule has 0 unspecified atom stereocenters. The molecule has 18 heavy (non-hydrogen) atoms. The third kappa shape index (κ3) is 2.10. The van der Waals surface area contributed by atoms with Crippen molar-refractivity contribution in [2.45, 2.75) is 13.1 Å². The van der Waals surface area contributed by atoms with E-state index in [9.17, 15) is 5.11 Å². The molecule has 0 amide bonds. The van der Waals surface area contributed by atoms with Gasteiger partial charge in [-0.3, -0.25) is 0 Å². The molecule has 0 bridgehead atoms. The average Bonchev–Trinajstić information content (AvgIpc) is 2.80. The second-order valence-electron chi connectivity index (χ2n) is 4.04. The van der Waals surface area contributed by atoms with Gasteiger partial charge in [0.1, 0.15) is 11.6 Å². The average molecular weight is 263 g/mol. The maximum Gasteiger partial charge on any atom is 0.224 e. The lowest BCUT2D eigenvalue weighted by Gasteiger charge is -2.09. The van der Waals surface area contributed by atoms with E-state index >= 15 is 0 Å². The number of anilines is 2. The number of fused-ring (bicyclic) bond motifs is 1. The third-order valence-corrected chi connectivity index (χ3v) is 2.96. The van der Waals surface area contributed by atoms with Gasteiger partial charge in [0.25, 0.3) is 0 Å². The summed E-state index contributed by atoms with van der Waals surface area (Å²) in [5, 5.41) is 15.9. The Bertz CT molecular complexity index is 585. The smallest absolute Gasteiger partial charge is 0.224 e. The summed E-state index contributed by atoms with van der Waals surface area (Å²) < 4.78 is 0. The summed E-state index contributed by atoms with van der Waals surface area (Å²) in [6.45, 7) is 1.44. The maximum absolute atomic E-state index is 9.24. The highest BCUT2D eigenvalue weighted by molar-refractivity contribution is 6.28. The summed E-state index contributed by atoms with van der Waals surface area (Å²) >= 11 is 5.89. The lowest BCUT2D eigenvalue weighted by molar-refractivity contribution is 0.475. The molecular formula is C12H11ClN4O. The molecule has 0 saturated heterocycles. The zero-order chi connectivity index (χ0) is 12.5. The molecule has 6 heteroatoms. The number of rotatable bonds is 2. The van der Waals surface area contributed by atoms with Crippen LogP contribution in [-0.2, 0) is 13.1 Å². The van der Waals surface area contributed by atoms with Gasteiger partial charge in [-0.15, -0.1) is 0 Å². The van der Waals surface area contributed by atoms with E-state index in [1.807, 2.05) is 0 Å².